The summed E-state index contributed by atoms with van der Waals surface area (Å²) in [6.45, 7) is 5.22. The molecule has 0 atom stereocenters. The number of nitrogens with one attached hydrogen (secondary N) is 1. The molecule has 1 saturated heterocycles. The van der Waals surface area contributed by atoms with Crippen molar-refractivity contribution in [2.75, 3.05) is 26.7 Å². The van der Waals surface area contributed by atoms with Gasteiger partial charge in [-0.1, -0.05) is 19.1 Å². The summed E-state index contributed by atoms with van der Waals surface area (Å²) in [5.41, 5.74) is 2.05. The fraction of sp³-hybridized carbons (Fsp3) is 0.476. The highest BCUT2D eigenvalue weighted by molar-refractivity contribution is 7.89. The van der Waals surface area contributed by atoms with Crippen molar-refractivity contribution in [3.63, 3.8) is 0 Å². The fourth-order valence-corrected chi connectivity index (χ4v) is 4.86. The Kier molecular flexibility index (Phi) is 7.04. The molecule has 0 spiro atoms. The van der Waals surface area contributed by atoms with E-state index in [1.807, 2.05) is 37.4 Å². The summed E-state index contributed by atoms with van der Waals surface area (Å²) < 4.78 is 33.7. The number of piperidine rings is 1. The molecule has 6 nitrogen and oxygen atoms in total. The van der Waals surface area contributed by atoms with Gasteiger partial charge in [0.05, 0.1) is 12.8 Å². The molecule has 1 N–H and O–H groups in total. The maximum Gasteiger partial charge on any atom is 0.244 e. The lowest BCUT2D eigenvalue weighted by Gasteiger charge is -2.31. The van der Waals surface area contributed by atoms with Crippen molar-refractivity contribution in [2.24, 2.45) is 5.92 Å². The molecule has 7 heteroatoms. The summed E-state index contributed by atoms with van der Waals surface area (Å²) in [6.07, 6.45) is 4.54. The van der Waals surface area contributed by atoms with Gasteiger partial charge in [0.2, 0.25) is 10.0 Å². The molecular weight excluding hydrogens is 374 g/mol. The monoisotopic (exact) mass is 403 g/mol. The number of sulfonamides is 1. The summed E-state index contributed by atoms with van der Waals surface area (Å²) in [6, 6.07) is 11.3. The van der Waals surface area contributed by atoms with E-state index in [-0.39, 0.29) is 4.90 Å². The highest BCUT2D eigenvalue weighted by atomic mass is 32.2. The Labute approximate surface area is 168 Å². The minimum absolute atomic E-state index is 0.224. The van der Waals surface area contributed by atoms with Crippen molar-refractivity contribution >= 4 is 10.0 Å². The van der Waals surface area contributed by atoms with E-state index in [1.54, 1.807) is 12.1 Å². The van der Waals surface area contributed by atoms with E-state index in [9.17, 15) is 8.42 Å². The van der Waals surface area contributed by atoms with E-state index in [0.29, 0.717) is 18.2 Å². The normalized spacial score (nSPS) is 16.2. The number of ether oxygens (including phenoxy) is 1. The summed E-state index contributed by atoms with van der Waals surface area (Å²) in [5.74, 6) is 0.727. The smallest absolute Gasteiger partial charge is 0.244 e. The summed E-state index contributed by atoms with van der Waals surface area (Å²) in [4.78, 5) is 6.98. The van der Waals surface area contributed by atoms with Crippen LogP contribution in [0.4, 0.5) is 0 Å². The van der Waals surface area contributed by atoms with Crippen molar-refractivity contribution in [1.82, 2.24) is 14.6 Å². The number of pyridine rings is 1. The molecule has 2 aromatic rings. The van der Waals surface area contributed by atoms with Crippen LogP contribution in [0.1, 0.15) is 31.0 Å². The second kappa shape index (κ2) is 9.49. The van der Waals surface area contributed by atoms with Crippen LogP contribution in [-0.4, -0.2) is 45.0 Å². The second-order valence-corrected chi connectivity index (χ2v) is 8.97. The second-order valence-electron chi connectivity index (χ2n) is 7.23. The summed E-state index contributed by atoms with van der Waals surface area (Å²) in [7, 11) is -2.10. The minimum Gasteiger partial charge on any atom is -0.495 e. The molecule has 2 heterocycles. The van der Waals surface area contributed by atoms with Gasteiger partial charge in [0.25, 0.3) is 0 Å². The Morgan fingerprint density at radius 3 is 2.64 bits per heavy atom. The van der Waals surface area contributed by atoms with Crippen LogP contribution in [0, 0.1) is 5.92 Å². The minimum atomic E-state index is -3.60. The number of methoxy groups -OCH3 is 1. The predicted octanol–water partition coefficient (Wildman–Crippen LogP) is 2.84. The number of hydrogen-bond donors (Lipinski definition) is 1. The number of nitrogens with zero attached hydrogens (tertiary/aromatic N) is 2. The fourth-order valence-electron chi connectivity index (χ4n) is 3.53. The highest BCUT2D eigenvalue weighted by Crippen LogP contribution is 2.26. The van der Waals surface area contributed by atoms with Crippen LogP contribution in [0.25, 0.3) is 0 Å². The van der Waals surface area contributed by atoms with Crippen molar-refractivity contribution in [2.45, 2.75) is 37.6 Å². The van der Waals surface area contributed by atoms with E-state index in [1.165, 1.54) is 7.11 Å². The van der Waals surface area contributed by atoms with E-state index in [4.69, 9.17) is 4.74 Å². The molecule has 152 valence electrons. The zero-order chi connectivity index (χ0) is 20.0. The Bertz CT molecular complexity index is 864. The molecule has 0 radical (unpaired) electrons. The molecule has 3 rings (SSSR count). The molecule has 1 aliphatic rings. The van der Waals surface area contributed by atoms with Gasteiger partial charge in [0.15, 0.2) is 0 Å². The van der Waals surface area contributed by atoms with Gasteiger partial charge in [-0.05, 0) is 68.1 Å². The lowest BCUT2D eigenvalue weighted by atomic mass is 9.97. The molecule has 1 fully saturated rings. The maximum atomic E-state index is 12.8. The van der Waals surface area contributed by atoms with E-state index < -0.39 is 10.0 Å². The average Bonchev–Trinajstić information content (AvgIpc) is 2.73. The first-order valence-electron chi connectivity index (χ1n) is 9.80. The average molecular weight is 404 g/mol. The Morgan fingerprint density at radius 2 is 2.00 bits per heavy atom. The van der Waals surface area contributed by atoms with E-state index in [0.717, 1.165) is 50.2 Å². The topological polar surface area (TPSA) is 71.5 Å². The van der Waals surface area contributed by atoms with Crippen LogP contribution < -0.4 is 9.46 Å². The number of benzene rings is 1. The third-order valence-corrected chi connectivity index (χ3v) is 6.75. The largest absolute Gasteiger partial charge is 0.495 e. The van der Waals surface area contributed by atoms with Crippen molar-refractivity contribution in [3.8, 4) is 5.75 Å². The molecule has 0 aliphatic carbocycles. The van der Waals surface area contributed by atoms with Gasteiger partial charge in [0, 0.05) is 19.3 Å². The molecule has 0 amide bonds. The SMILES string of the molecule is CCc1ccc(OC)c(S(=O)(=O)NCC2CCN(Cc3ccccn3)CC2)c1. The Balaban J connectivity index is 1.55. The van der Waals surface area contributed by atoms with Crippen molar-refractivity contribution in [1.29, 1.82) is 0 Å². The summed E-state index contributed by atoms with van der Waals surface area (Å²) in [5, 5.41) is 0. The van der Waals surface area contributed by atoms with Crippen LogP contribution in [0.3, 0.4) is 0 Å². The lowest BCUT2D eigenvalue weighted by Crippen LogP contribution is -2.38. The van der Waals surface area contributed by atoms with E-state index >= 15 is 0 Å². The number of hydrogen-bond acceptors (Lipinski definition) is 5. The summed E-state index contributed by atoms with van der Waals surface area (Å²) >= 11 is 0. The van der Waals surface area contributed by atoms with Crippen LogP contribution >= 0.6 is 0 Å². The molecule has 28 heavy (non-hydrogen) atoms. The van der Waals surface area contributed by atoms with Gasteiger partial charge in [-0.25, -0.2) is 13.1 Å². The van der Waals surface area contributed by atoms with Crippen LogP contribution in [0.2, 0.25) is 0 Å². The number of likely N-dealkylation sites (tertiary alicyclic amines) is 1. The van der Waals surface area contributed by atoms with Gasteiger partial charge in [-0.15, -0.1) is 0 Å². The Morgan fingerprint density at radius 1 is 1.21 bits per heavy atom. The molecule has 0 bridgehead atoms. The highest BCUT2D eigenvalue weighted by Gasteiger charge is 2.24. The number of aromatic nitrogens is 1. The zero-order valence-electron chi connectivity index (χ0n) is 16.6. The maximum absolute atomic E-state index is 12.8. The number of aryl methyl sites for hydroxylation is 1. The van der Waals surface area contributed by atoms with Crippen LogP contribution in [-0.2, 0) is 23.0 Å². The first-order chi connectivity index (χ1) is 13.5. The van der Waals surface area contributed by atoms with Crippen LogP contribution in [0.5, 0.6) is 5.75 Å². The molecular formula is C21H29N3O3S. The molecule has 1 aliphatic heterocycles. The van der Waals surface area contributed by atoms with Gasteiger partial charge >= 0.3 is 0 Å². The Hall–Kier alpha value is -1.96. The molecule has 0 unspecified atom stereocenters. The van der Waals surface area contributed by atoms with E-state index in [2.05, 4.69) is 14.6 Å². The third kappa shape index (κ3) is 5.31. The van der Waals surface area contributed by atoms with Crippen molar-refractivity contribution < 1.29 is 13.2 Å². The third-order valence-electron chi connectivity index (χ3n) is 5.31. The van der Waals surface area contributed by atoms with Gasteiger partial charge in [-0.2, -0.15) is 0 Å². The lowest BCUT2D eigenvalue weighted by molar-refractivity contribution is 0.177. The van der Waals surface area contributed by atoms with Gasteiger partial charge < -0.3 is 4.74 Å². The standard InChI is InChI=1S/C21H29N3O3S/c1-3-17-7-8-20(27-2)21(14-17)28(25,26)23-15-18-9-12-24(13-10-18)16-19-6-4-5-11-22-19/h4-8,11,14,18,23H,3,9-10,12-13,15-16H2,1-2H3. The first-order valence-corrected chi connectivity index (χ1v) is 11.3. The number of rotatable bonds is 8. The molecule has 1 aromatic carbocycles. The van der Waals surface area contributed by atoms with Crippen LogP contribution in [0.15, 0.2) is 47.5 Å². The molecule has 1 aromatic heterocycles. The molecule has 0 saturated carbocycles. The predicted molar refractivity (Wildman–Crippen MR) is 110 cm³/mol. The van der Waals surface area contributed by atoms with Crippen molar-refractivity contribution in [3.05, 3.63) is 53.9 Å². The van der Waals surface area contributed by atoms with Gasteiger partial charge in [-0.3, -0.25) is 9.88 Å². The van der Waals surface area contributed by atoms with Gasteiger partial charge in [0.1, 0.15) is 10.6 Å². The zero-order valence-corrected chi connectivity index (χ0v) is 17.4. The first kappa shape index (κ1) is 20.8. The quantitative estimate of drug-likeness (QED) is 0.734.